The summed E-state index contributed by atoms with van der Waals surface area (Å²) in [5.74, 6) is 1.68. The number of hydrogen-bond acceptors (Lipinski definition) is 4. The Morgan fingerprint density at radius 3 is 2.42 bits per heavy atom. The Bertz CT molecular complexity index is 485. The summed E-state index contributed by atoms with van der Waals surface area (Å²) in [5, 5.41) is 13.9. The molecule has 0 bridgehead atoms. The highest BCUT2D eigenvalue weighted by atomic mass is 16.5. The predicted molar refractivity (Wildman–Crippen MR) is 73.0 cm³/mol. The van der Waals surface area contributed by atoms with E-state index in [1.807, 2.05) is 32.9 Å². The van der Waals surface area contributed by atoms with E-state index in [0.29, 0.717) is 0 Å². The molecule has 1 heterocycles. The van der Waals surface area contributed by atoms with Crippen molar-refractivity contribution in [1.82, 2.24) is 20.6 Å². The fraction of sp³-hybridized carbons (Fsp3) is 0.500. The fourth-order valence-corrected chi connectivity index (χ4v) is 1.82. The van der Waals surface area contributed by atoms with E-state index in [9.17, 15) is 0 Å². The number of nitrogens with zero attached hydrogens (tertiary/aromatic N) is 3. The van der Waals surface area contributed by atoms with Crippen LogP contribution in [0.25, 0.3) is 0 Å². The van der Waals surface area contributed by atoms with Gasteiger partial charge in [0.1, 0.15) is 11.4 Å². The maximum atomic E-state index is 5.79. The summed E-state index contributed by atoms with van der Waals surface area (Å²) in [5.41, 5.74) is 1.14. The molecule has 0 aliphatic rings. The molecule has 1 aromatic heterocycles. The van der Waals surface area contributed by atoms with Gasteiger partial charge in [0.25, 0.3) is 0 Å². The third-order valence-corrected chi connectivity index (χ3v) is 2.60. The lowest BCUT2D eigenvalue weighted by Gasteiger charge is -2.21. The van der Waals surface area contributed by atoms with E-state index in [-0.39, 0.29) is 5.60 Å². The summed E-state index contributed by atoms with van der Waals surface area (Å²) < 4.78 is 5.79. The molecule has 5 heteroatoms. The van der Waals surface area contributed by atoms with Gasteiger partial charge in [-0.2, -0.15) is 5.21 Å². The van der Waals surface area contributed by atoms with Crippen molar-refractivity contribution in [3.8, 4) is 5.75 Å². The van der Waals surface area contributed by atoms with Gasteiger partial charge < -0.3 is 4.74 Å². The zero-order valence-electron chi connectivity index (χ0n) is 11.7. The highest BCUT2D eigenvalue weighted by molar-refractivity contribution is 5.27. The molecule has 2 rings (SSSR count). The Labute approximate surface area is 113 Å². The monoisotopic (exact) mass is 260 g/mol. The number of aromatic amines is 1. The van der Waals surface area contributed by atoms with Gasteiger partial charge in [-0.25, -0.2) is 0 Å². The van der Waals surface area contributed by atoms with Crippen molar-refractivity contribution in [2.75, 3.05) is 0 Å². The molecular formula is C14H20N4O. The SMILES string of the molecule is CC(C)(C)Oc1ccc(CCCc2nn[nH]n2)cc1. The van der Waals surface area contributed by atoms with Crippen LogP contribution in [0.5, 0.6) is 5.75 Å². The maximum absolute atomic E-state index is 5.79. The van der Waals surface area contributed by atoms with Crippen molar-refractivity contribution in [2.45, 2.75) is 45.6 Å². The van der Waals surface area contributed by atoms with Crippen molar-refractivity contribution in [2.24, 2.45) is 0 Å². The lowest BCUT2D eigenvalue weighted by Crippen LogP contribution is -2.22. The highest BCUT2D eigenvalue weighted by Crippen LogP contribution is 2.19. The quantitative estimate of drug-likeness (QED) is 0.897. The van der Waals surface area contributed by atoms with Gasteiger partial charge in [0.05, 0.1) is 0 Å². The number of nitrogens with one attached hydrogen (secondary N) is 1. The summed E-state index contributed by atoms with van der Waals surface area (Å²) in [4.78, 5) is 0. The van der Waals surface area contributed by atoms with Crippen LogP contribution in [-0.4, -0.2) is 26.2 Å². The molecule has 0 amide bonds. The van der Waals surface area contributed by atoms with Gasteiger partial charge in [0.2, 0.25) is 0 Å². The van der Waals surface area contributed by atoms with Crippen LogP contribution in [0, 0.1) is 0 Å². The highest BCUT2D eigenvalue weighted by Gasteiger charge is 2.11. The number of tetrazole rings is 1. The normalized spacial score (nSPS) is 11.5. The topological polar surface area (TPSA) is 63.7 Å². The van der Waals surface area contributed by atoms with Crippen molar-refractivity contribution in [3.05, 3.63) is 35.7 Å². The minimum absolute atomic E-state index is 0.153. The largest absolute Gasteiger partial charge is 0.488 e. The van der Waals surface area contributed by atoms with Crippen LogP contribution < -0.4 is 4.74 Å². The fourth-order valence-electron chi connectivity index (χ4n) is 1.82. The lowest BCUT2D eigenvalue weighted by atomic mass is 10.1. The summed E-state index contributed by atoms with van der Waals surface area (Å²) >= 11 is 0. The van der Waals surface area contributed by atoms with Gasteiger partial charge in [-0.15, -0.1) is 10.2 Å². The molecular weight excluding hydrogens is 240 g/mol. The molecule has 102 valence electrons. The van der Waals surface area contributed by atoms with Gasteiger partial charge in [0.15, 0.2) is 5.82 Å². The number of benzene rings is 1. The van der Waals surface area contributed by atoms with Crippen LogP contribution in [0.1, 0.15) is 38.6 Å². The van der Waals surface area contributed by atoms with Crippen LogP contribution in [0.2, 0.25) is 0 Å². The van der Waals surface area contributed by atoms with E-state index in [1.54, 1.807) is 0 Å². The number of hydrogen-bond donors (Lipinski definition) is 1. The van der Waals surface area contributed by atoms with E-state index < -0.39 is 0 Å². The van der Waals surface area contributed by atoms with E-state index >= 15 is 0 Å². The van der Waals surface area contributed by atoms with Gasteiger partial charge in [-0.3, -0.25) is 0 Å². The molecule has 0 fully saturated rings. The van der Waals surface area contributed by atoms with Crippen LogP contribution in [0.15, 0.2) is 24.3 Å². The van der Waals surface area contributed by atoms with Crippen LogP contribution in [0.4, 0.5) is 0 Å². The second kappa shape index (κ2) is 5.82. The maximum Gasteiger partial charge on any atom is 0.174 e. The number of H-pyrrole nitrogens is 1. The van der Waals surface area contributed by atoms with E-state index in [4.69, 9.17) is 4.74 Å². The van der Waals surface area contributed by atoms with Crippen molar-refractivity contribution in [1.29, 1.82) is 0 Å². The van der Waals surface area contributed by atoms with Gasteiger partial charge in [-0.05, 0) is 51.3 Å². The number of aromatic nitrogens is 4. The lowest BCUT2D eigenvalue weighted by molar-refractivity contribution is 0.131. The first-order chi connectivity index (χ1) is 9.03. The van der Waals surface area contributed by atoms with Crippen LogP contribution in [0.3, 0.4) is 0 Å². The minimum atomic E-state index is -0.153. The Balaban J connectivity index is 1.81. The third-order valence-electron chi connectivity index (χ3n) is 2.60. The van der Waals surface area contributed by atoms with E-state index in [1.165, 1.54) is 5.56 Å². The molecule has 0 aliphatic heterocycles. The number of rotatable bonds is 5. The molecule has 0 unspecified atom stereocenters. The van der Waals surface area contributed by atoms with Crippen molar-refractivity contribution in [3.63, 3.8) is 0 Å². The molecule has 19 heavy (non-hydrogen) atoms. The van der Waals surface area contributed by atoms with Crippen molar-refractivity contribution >= 4 is 0 Å². The Morgan fingerprint density at radius 2 is 1.84 bits per heavy atom. The third kappa shape index (κ3) is 4.69. The van der Waals surface area contributed by atoms with Crippen molar-refractivity contribution < 1.29 is 4.74 Å². The molecule has 0 aliphatic carbocycles. The molecule has 0 spiro atoms. The molecule has 1 N–H and O–H groups in total. The molecule has 0 saturated heterocycles. The average Bonchev–Trinajstić information content (AvgIpc) is 2.82. The molecule has 1 aromatic carbocycles. The first-order valence-corrected chi connectivity index (χ1v) is 6.53. The summed E-state index contributed by atoms with van der Waals surface area (Å²) in [6, 6.07) is 8.26. The Morgan fingerprint density at radius 1 is 1.11 bits per heavy atom. The number of aryl methyl sites for hydroxylation is 2. The first-order valence-electron chi connectivity index (χ1n) is 6.53. The Hall–Kier alpha value is -1.91. The predicted octanol–water partition coefficient (Wildman–Crippen LogP) is 2.55. The summed E-state index contributed by atoms with van der Waals surface area (Å²) in [6.45, 7) is 6.14. The van der Waals surface area contributed by atoms with Crippen LogP contribution >= 0.6 is 0 Å². The molecule has 0 atom stereocenters. The van der Waals surface area contributed by atoms with Crippen LogP contribution in [-0.2, 0) is 12.8 Å². The minimum Gasteiger partial charge on any atom is -0.488 e. The first kappa shape index (κ1) is 13.5. The van der Waals surface area contributed by atoms with E-state index in [2.05, 4.69) is 32.8 Å². The second-order valence-corrected chi connectivity index (χ2v) is 5.54. The zero-order chi connectivity index (χ0) is 13.7. The molecule has 5 nitrogen and oxygen atoms in total. The van der Waals surface area contributed by atoms with Gasteiger partial charge >= 0.3 is 0 Å². The Kier molecular flexibility index (Phi) is 4.14. The second-order valence-electron chi connectivity index (χ2n) is 5.54. The smallest absolute Gasteiger partial charge is 0.174 e. The standard InChI is InChI=1S/C14H20N4O/c1-14(2,3)19-12-9-7-11(8-10-12)5-4-6-13-15-17-18-16-13/h7-10H,4-6H2,1-3H3,(H,15,16,17,18). The molecule has 0 radical (unpaired) electrons. The average molecular weight is 260 g/mol. The van der Waals surface area contributed by atoms with Gasteiger partial charge in [0, 0.05) is 6.42 Å². The summed E-state index contributed by atoms with van der Waals surface area (Å²) in [7, 11) is 0. The zero-order valence-corrected chi connectivity index (χ0v) is 11.7. The number of ether oxygens (including phenoxy) is 1. The molecule has 2 aromatic rings. The van der Waals surface area contributed by atoms with E-state index in [0.717, 1.165) is 30.8 Å². The molecule has 0 saturated carbocycles. The van der Waals surface area contributed by atoms with Gasteiger partial charge in [-0.1, -0.05) is 17.3 Å². The summed E-state index contributed by atoms with van der Waals surface area (Å²) in [6.07, 6.45) is 2.86.